The molecule has 0 aliphatic carbocycles. The highest BCUT2D eigenvalue weighted by Gasteiger charge is 2.19. The van der Waals surface area contributed by atoms with Crippen LogP contribution in [0.3, 0.4) is 0 Å². The predicted octanol–water partition coefficient (Wildman–Crippen LogP) is 6.85. The number of aryl methyl sites for hydroxylation is 2. The molecule has 1 atom stereocenters. The molecule has 0 spiro atoms. The fourth-order valence-electron chi connectivity index (χ4n) is 4.39. The third-order valence-electron chi connectivity index (χ3n) is 6.77. The molecule has 0 aliphatic rings. The molecule has 0 radical (unpaired) electrons. The van der Waals surface area contributed by atoms with Crippen LogP contribution in [-0.4, -0.2) is 37.2 Å². The average Bonchev–Trinajstić information content (AvgIpc) is 3.02. The number of carbonyl (C=O) groups excluding carboxylic acids is 3. The van der Waals surface area contributed by atoms with Crippen molar-refractivity contribution in [1.29, 1.82) is 0 Å². The van der Waals surface area contributed by atoms with Crippen molar-refractivity contribution in [2.45, 2.75) is 30.9 Å². The van der Waals surface area contributed by atoms with E-state index in [1.807, 2.05) is 45.0 Å². The molecule has 4 aromatic rings. The summed E-state index contributed by atoms with van der Waals surface area (Å²) in [6.07, 6.45) is 1.54. The molecule has 0 aromatic heterocycles. The van der Waals surface area contributed by atoms with Crippen LogP contribution in [0.15, 0.2) is 102 Å². The molecule has 0 heterocycles. The Morgan fingerprint density at radius 2 is 1.50 bits per heavy atom. The minimum absolute atomic E-state index is 0.00445. The smallest absolute Gasteiger partial charge is 0.272 e. The zero-order chi connectivity index (χ0) is 31.6. The Kier molecular flexibility index (Phi) is 10.8. The summed E-state index contributed by atoms with van der Waals surface area (Å²) in [6, 6.07) is 26.9. The lowest BCUT2D eigenvalue weighted by molar-refractivity contribution is -0.115. The number of rotatable bonds is 11. The third kappa shape index (κ3) is 8.29. The number of benzene rings is 4. The van der Waals surface area contributed by atoms with Gasteiger partial charge in [0, 0.05) is 27.4 Å². The highest BCUT2D eigenvalue weighted by Crippen LogP contribution is 2.29. The van der Waals surface area contributed by atoms with Gasteiger partial charge in [0.1, 0.15) is 17.2 Å². The Balaban J connectivity index is 1.55. The van der Waals surface area contributed by atoms with E-state index in [0.717, 1.165) is 21.7 Å². The Morgan fingerprint density at radius 1 is 0.795 bits per heavy atom. The largest absolute Gasteiger partial charge is 0.497 e. The molecule has 1 unspecified atom stereocenters. The van der Waals surface area contributed by atoms with Crippen molar-refractivity contribution in [2.24, 2.45) is 0 Å². The van der Waals surface area contributed by atoms with E-state index in [4.69, 9.17) is 9.47 Å². The Labute approximate surface area is 261 Å². The number of hydrogen-bond acceptors (Lipinski definition) is 6. The average molecular weight is 610 g/mol. The second-order valence-electron chi connectivity index (χ2n) is 9.98. The Hall–Kier alpha value is -5.02. The van der Waals surface area contributed by atoms with Crippen molar-refractivity contribution in [3.8, 4) is 11.5 Å². The summed E-state index contributed by atoms with van der Waals surface area (Å²) in [5.74, 6) is -0.0461. The summed E-state index contributed by atoms with van der Waals surface area (Å²) in [5.41, 5.74) is 4.25. The van der Waals surface area contributed by atoms with Crippen molar-refractivity contribution in [1.82, 2.24) is 5.32 Å². The molecule has 44 heavy (non-hydrogen) atoms. The maximum atomic E-state index is 13.6. The highest BCUT2D eigenvalue weighted by atomic mass is 32.2. The van der Waals surface area contributed by atoms with Gasteiger partial charge in [0.05, 0.1) is 19.5 Å². The van der Waals surface area contributed by atoms with Crippen LogP contribution in [0.2, 0.25) is 0 Å². The number of carbonyl (C=O) groups is 3. The van der Waals surface area contributed by atoms with Crippen molar-refractivity contribution in [3.05, 3.63) is 119 Å². The van der Waals surface area contributed by atoms with Crippen molar-refractivity contribution >= 4 is 46.9 Å². The maximum Gasteiger partial charge on any atom is 0.272 e. The topological polar surface area (TPSA) is 106 Å². The number of para-hydroxylation sites is 1. The summed E-state index contributed by atoms with van der Waals surface area (Å²) in [7, 11) is 3.06. The van der Waals surface area contributed by atoms with E-state index in [1.54, 1.807) is 73.8 Å². The fourth-order valence-corrected chi connectivity index (χ4v) is 5.32. The van der Waals surface area contributed by atoms with Gasteiger partial charge < -0.3 is 25.4 Å². The monoisotopic (exact) mass is 609 g/mol. The van der Waals surface area contributed by atoms with Crippen molar-refractivity contribution in [3.63, 3.8) is 0 Å². The van der Waals surface area contributed by atoms with Crippen LogP contribution < -0.4 is 25.4 Å². The van der Waals surface area contributed by atoms with Gasteiger partial charge in [0.15, 0.2) is 0 Å². The van der Waals surface area contributed by atoms with E-state index in [9.17, 15) is 14.4 Å². The lowest BCUT2D eigenvalue weighted by Gasteiger charge is -2.16. The zero-order valence-electron chi connectivity index (χ0n) is 25.3. The summed E-state index contributed by atoms with van der Waals surface area (Å²) < 4.78 is 10.8. The molecular weight excluding hydrogens is 574 g/mol. The molecule has 3 amide bonds. The molecule has 9 heteroatoms. The van der Waals surface area contributed by atoms with Crippen LogP contribution in [-0.2, 0) is 9.59 Å². The predicted molar refractivity (Wildman–Crippen MR) is 176 cm³/mol. The molecule has 0 saturated carbocycles. The first-order valence-corrected chi connectivity index (χ1v) is 14.8. The molecule has 3 N–H and O–H groups in total. The zero-order valence-corrected chi connectivity index (χ0v) is 26.1. The molecule has 4 aromatic carbocycles. The lowest BCUT2D eigenvalue weighted by atomic mass is 10.1. The van der Waals surface area contributed by atoms with Crippen molar-refractivity contribution in [2.75, 3.05) is 24.9 Å². The molecular formula is C35H35N3O5S. The van der Waals surface area contributed by atoms with Gasteiger partial charge in [0.25, 0.3) is 11.8 Å². The molecule has 0 fully saturated rings. The van der Waals surface area contributed by atoms with Gasteiger partial charge in [-0.3, -0.25) is 14.4 Å². The first-order valence-electron chi connectivity index (χ1n) is 13.9. The molecule has 226 valence electrons. The molecule has 0 aliphatic heterocycles. The van der Waals surface area contributed by atoms with Crippen LogP contribution in [0.1, 0.15) is 34.0 Å². The highest BCUT2D eigenvalue weighted by molar-refractivity contribution is 8.00. The summed E-state index contributed by atoms with van der Waals surface area (Å²) in [6.45, 7) is 5.75. The first kappa shape index (κ1) is 31.9. The van der Waals surface area contributed by atoms with E-state index in [1.165, 1.54) is 24.9 Å². The molecule has 0 saturated heterocycles. The van der Waals surface area contributed by atoms with E-state index in [2.05, 4.69) is 16.0 Å². The standard InChI is InChI=1S/C35H35N3O5S/c1-22-11-9-12-23(2)32(22)38-33(39)24(3)44-29-16-10-15-27(21-29)36-35(41)30(37-34(40)25-13-7-6-8-14-25)20-26-19-28(42-4)17-18-31(26)43-5/h6-21,24H,1-5H3,(H,36,41)(H,37,40)(H,38,39)/b30-20+. The quantitative estimate of drug-likeness (QED) is 0.127. The van der Waals surface area contributed by atoms with Gasteiger partial charge in [-0.05, 0) is 86.5 Å². The van der Waals surface area contributed by atoms with Crippen molar-refractivity contribution < 1.29 is 23.9 Å². The van der Waals surface area contributed by atoms with Crippen LogP contribution in [0.4, 0.5) is 11.4 Å². The maximum absolute atomic E-state index is 13.6. The minimum atomic E-state index is -0.540. The number of hydrogen-bond donors (Lipinski definition) is 3. The number of amides is 3. The second-order valence-corrected chi connectivity index (χ2v) is 11.4. The SMILES string of the molecule is COc1ccc(OC)c(/C=C(/NC(=O)c2ccccc2)C(=O)Nc2cccc(SC(C)C(=O)Nc3c(C)cccc3C)c2)c1. The Morgan fingerprint density at radius 3 is 2.18 bits per heavy atom. The van der Waals surface area contributed by atoms with Gasteiger partial charge in [-0.15, -0.1) is 11.8 Å². The van der Waals surface area contributed by atoms with Crippen LogP contribution in [0, 0.1) is 13.8 Å². The third-order valence-corrected chi connectivity index (χ3v) is 7.86. The minimum Gasteiger partial charge on any atom is -0.497 e. The number of thioether (sulfide) groups is 1. The van der Waals surface area contributed by atoms with Gasteiger partial charge in [0.2, 0.25) is 5.91 Å². The van der Waals surface area contributed by atoms with Crippen LogP contribution in [0.25, 0.3) is 6.08 Å². The van der Waals surface area contributed by atoms with Crippen LogP contribution >= 0.6 is 11.8 Å². The summed E-state index contributed by atoms with van der Waals surface area (Å²) in [5, 5.41) is 8.25. The Bertz CT molecular complexity index is 1670. The van der Waals surface area contributed by atoms with E-state index in [0.29, 0.717) is 28.3 Å². The van der Waals surface area contributed by atoms with E-state index in [-0.39, 0.29) is 11.6 Å². The second kappa shape index (κ2) is 14.9. The molecule has 4 rings (SSSR count). The summed E-state index contributed by atoms with van der Waals surface area (Å²) in [4.78, 5) is 40.5. The number of anilines is 2. The van der Waals surface area contributed by atoms with Crippen LogP contribution in [0.5, 0.6) is 11.5 Å². The molecule has 0 bridgehead atoms. The summed E-state index contributed by atoms with van der Waals surface area (Å²) >= 11 is 1.37. The van der Waals surface area contributed by atoms with Gasteiger partial charge in [-0.2, -0.15) is 0 Å². The first-order chi connectivity index (χ1) is 21.2. The number of ether oxygens (including phenoxy) is 2. The van der Waals surface area contributed by atoms with Gasteiger partial charge >= 0.3 is 0 Å². The lowest BCUT2D eigenvalue weighted by Crippen LogP contribution is -2.30. The van der Waals surface area contributed by atoms with E-state index < -0.39 is 17.1 Å². The fraction of sp³-hybridized carbons (Fsp3) is 0.171. The number of nitrogens with one attached hydrogen (secondary N) is 3. The van der Waals surface area contributed by atoms with E-state index >= 15 is 0 Å². The normalized spacial score (nSPS) is 11.7. The molecule has 8 nitrogen and oxygen atoms in total. The van der Waals surface area contributed by atoms with Gasteiger partial charge in [-0.25, -0.2) is 0 Å². The van der Waals surface area contributed by atoms with Gasteiger partial charge in [-0.1, -0.05) is 42.5 Å². The number of methoxy groups -OCH3 is 2.